The van der Waals surface area contributed by atoms with Crippen molar-refractivity contribution in [3.05, 3.63) is 142 Å². The lowest BCUT2D eigenvalue weighted by Gasteiger charge is -2.30. The van der Waals surface area contributed by atoms with Gasteiger partial charge in [0.05, 0.1) is 0 Å². The molecule has 0 saturated heterocycles. The highest BCUT2D eigenvalue weighted by molar-refractivity contribution is 6.15. The fourth-order valence-electron chi connectivity index (χ4n) is 8.62. The number of unbranched alkanes of at least 4 members (excludes halogenated alkanes) is 6. The van der Waals surface area contributed by atoms with Gasteiger partial charge < -0.3 is 0 Å². The number of benzene rings is 6. The van der Waals surface area contributed by atoms with Crippen molar-refractivity contribution < 1.29 is 0 Å². The van der Waals surface area contributed by atoms with Crippen LogP contribution in [0.25, 0.3) is 43.8 Å². The van der Waals surface area contributed by atoms with Crippen LogP contribution >= 0.6 is 0 Å². The summed E-state index contributed by atoms with van der Waals surface area (Å²) in [6, 6.07) is 40.2. The third-order valence-electron chi connectivity index (χ3n) is 11.3. The zero-order valence-electron chi connectivity index (χ0n) is 29.9. The van der Waals surface area contributed by atoms with Crippen molar-refractivity contribution in [3.8, 4) is 22.3 Å². The minimum atomic E-state index is -0.236. The van der Waals surface area contributed by atoms with Crippen LogP contribution in [0.1, 0.15) is 111 Å². The molecule has 0 amide bonds. The number of hydrogen-bond donors (Lipinski definition) is 0. The first-order valence-corrected chi connectivity index (χ1v) is 18.7. The van der Waals surface area contributed by atoms with Crippen LogP contribution in [0.3, 0.4) is 0 Å². The van der Waals surface area contributed by atoms with Crippen LogP contribution in [0, 0.1) is 13.8 Å². The van der Waals surface area contributed by atoms with Gasteiger partial charge in [0.15, 0.2) is 0 Å². The van der Waals surface area contributed by atoms with Crippen LogP contribution < -0.4 is 0 Å². The summed E-state index contributed by atoms with van der Waals surface area (Å²) in [5, 5.41) is 5.36. The highest BCUT2D eigenvalue weighted by Crippen LogP contribution is 2.54. The largest absolute Gasteiger partial charge is 0.0654 e. The van der Waals surface area contributed by atoms with Gasteiger partial charge in [0.2, 0.25) is 0 Å². The summed E-state index contributed by atoms with van der Waals surface area (Å²) in [6.45, 7) is 11.7. The molecule has 7 rings (SSSR count). The second-order valence-electron chi connectivity index (χ2n) is 14.7. The summed E-state index contributed by atoms with van der Waals surface area (Å²) in [6.07, 6.45) is 12.7. The van der Waals surface area contributed by atoms with E-state index < -0.39 is 0 Å². The SMILES string of the molecule is CCCCCCc1cc(CCCCCC)cc(C2(C)c3cc(C)ccc3-c3ccc(-c4c5ccccc5c(C)c5ccccc45)cc32)c1. The van der Waals surface area contributed by atoms with E-state index in [9.17, 15) is 0 Å². The molecule has 1 aliphatic rings. The maximum absolute atomic E-state index is 2.58. The summed E-state index contributed by atoms with van der Waals surface area (Å²) in [5.74, 6) is 0. The number of hydrogen-bond acceptors (Lipinski definition) is 0. The van der Waals surface area contributed by atoms with Gasteiger partial charge in [0.25, 0.3) is 0 Å². The molecule has 0 saturated carbocycles. The first-order valence-electron chi connectivity index (χ1n) is 18.7. The van der Waals surface area contributed by atoms with Gasteiger partial charge in [-0.2, -0.15) is 0 Å². The Morgan fingerprint density at radius 1 is 0.500 bits per heavy atom. The van der Waals surface area contributed by atoms with Gasteiger partial charge in [-0.25, -0.2) is 0 Å². The average molecular weight is 629 g/mol. The van der Waals surface area contributed by atoms with Gasteiger partial charge in [-0.05, 0) is 130 Å². The van der Waals surface area contributed by atoms with Gasteiger partial charge in [-0.3, -0.25) is 0 Å². The average Bonchev–Trinajstić information content (AvgIpc) is 3.36. The lowest BCUT2D eigenvalue weighted by atomic mass is 9.72. The van der Waals surface area contributed by atoms with Crippen LogP contribution in [-0.4, -0.2) is 0 Å². The highest BCUT2D eigenvalue weighted by Gasteiger charge is 2.41. The van der Waals surface area contributed by atoms with Crippen LogP contribution in [-0.2, 0) is 18.3 Å². The first-order chi connectivity index (χ1) is 23.4. The van der Waals surface area contributed by atoms with Crippen molar-refractivity contribution in [1.29, 1.82) is 0 Å². The van der Waals surface area contributed by atoms with E-state index in [2.05, 4.69) is 138 Å². The van der Waals surface area contributed by atoms with E-state index >= 15 is 0 Å². The standard InChI is InChI=1S/C48H52/c1-6-8-10-12-18-35-29-36(19-13-11-9-7-2)31-38(30-35)48(5)45-28-33(3)24-26-41(45)42-27-25-37(32-46(42)48)47-43-22-16-14-20-39(43)34(4)40-21-15-17-23-44(40)47/h14-17,20-32H,6-13,18-19H2,1-5H3. The fourth-order valence-corrected chi connectivity index (χ4v) is 8.62. The molecule has 1 unspecified atom stereocenters. The Labute approximate surface area is 289 Å². The fraction of sp³-hybridized carbons (Fsp3) is 0.333. The van der Waals surface area contributed by atoms with E-state index in [1.807, 2.05) is 0 Å². The van der Waals surface area contributed by atoms with Crippen molar-refractivity contribution in [2.75, 3.05) is 0 Å². The Morgan fingerprint density at radius 3 is 1.58 bits per heavy atom. The van der Waals surface area contributed by atoms with Gasteiger partial charge in [0.1, 0.15) is 0 Å². The Morgan fingerprint density at radius 2 is 1.02 bits per heavy atom. The molecule has 0 N–H and O–H groups in total. The van der Waals surface area contributed by atoms with E-state index in [1.165, 1.54) is 147 Å². The lowest BCUT2D eigenvalue weighted by Crippen LogP contribution is -2.23. The summed E-state index contributed by atoms with van der Waals surface area (Å²) in [5.41, 5.74) is 15.3. The van der Waals surface area contributed by atoms with E-state index in [0.717, 1.165) is 0 Å². The monoisotopic (exact) mass is 628 g/mol. The van der Waals surface area contributed by atoms with E-state index in [1.54, 1.807) is 0 Å². The van der Waals surface area contributed by atoms with E-state index in [4.69, 9.17) is 0 Å². The second-order valence-corrected chi connectivity index (χ2v) is 14.7. The molecule has 0 bridgehead atoms. The van der Waals surface area contributed by atoms with Crippen LogP contribution in [0.15, 0.2) is 103 Å². The van der Waals surface area contributed by atoms with Gasteiger partial charge in [-0.1, -0.05) is 155 Å². The maximum Gasteiger partial charge on any atom is 0.0436 e. The second kappa shape index (κ2) is 13.8. The maximum atomic E-state index is 2.58. The van der Waals surface area contributed by atoms with Crippen LogP contribution in [0.4, 0.5) is 0 Å². The molecule has 6 aromatic rings. The predicted molar refractivity (Wildman–Crippen MR) is 209 cm³/mol. The molecule has 0 nitrogen and oxygen atoms in total. The third-order valence-corrected chi connectivity index (χ3v) is 11.3. The topological polar surface area (TPSA) is 0 Å². The third kappa shape index (κ3) is 5.78. The highest BCUT2D eigenvalue weighted by atomic mass is 14.4. The van der Waals surface area contributed by atoms with Crippen LogP contribution in [0.2, 0.25) is 0 Å². The van der Waals surface area contributed by atoms with Crippen molar-refractivity contribution in [2.45, 2.75) is 104 Å². The quantitative estimate of drug-likeness (QED) is 0.0934. The normalized spacial score (nSPS) is 15.3. The Kier molecular flexibility index (Phi) is 9.28. The lowest BCUT2D eigenvalue weighted by molar-refractivity contribution is 0.656. The molecule has 0 radical (unpaired) electrons. The molecule has 1 atom stereocenters. The van der Waals surface area contributed by atoms with Gasteiger partial charge >= 0.3 is 0 Å². The zero-order chi connectivity index (χ0) is 33.3. The van der Waals surface area contributed by atoms with Gasteiger partial charge in [-0.15, -0.1) is 0 Å². The van der Waals surface area contributed by atoms with Crippen molar-refractivity contribution in [2.24, 2.45) is 0 Å². The predicted octanol–water partition coefficient (Wildman–Crippen LogP) is 13.9. The van der Waals surface area contributed by atoms with Crippen molar-refractivity contribution in [3.63, 3.8) is 0 Å². The molecule has 48 heavy (non-hydrogen) atoms. The minimum absolute atomic E-state index is 0.236. The molecule has 1 aliphatic carbocycles. The van der Waals surface area contributed by atoms with E-state index in [0.29, 0.717) is 0 Å². The number of aryl methyl sites for hydroxylation is 4. The molecular formula is C48H52. The molecule has 244 valence electrons. The molecule has 0 fully saturated rings. The first kappa shape index (κ1) is 32.4. The van der Waals surface area contributed by atoms with Crippen molar-refractivity contribution >= 4 is 21.5 Å². The smallest absolute Gasteiger partial charge is 0.0436 e. The zero-order valence-corrected chi connectivity index (χ0v) is 29.9. The summed E-state index contributed by atoms with van der Waals surface area (Å²) < 4.78 is 0. The Balaban J connectivity index is 1.43. The number of fused-ring (bicyclic) bond motifs is 5. The van der Waals surface area contributed by atoms with Crippen LogP contribution in [0.5, 0.6) is 0 Å². The molecular weight excluding hydrogens is 577 g/mol. The van der Waals surface area contributed by atoms with Gasteiger partial charge in [0, 0.05) is 5.41 Å². The summed E-state index contributed by atoms with van der Waals surface area (Å²) >= 11 is 0. The van der Waals surface area contributed by atoms with E-state index in [-0.39, 0.29) is 5.41 Å². The molecule has 0 spiro atoms. The summed E-state index contributed by atoms with van der Waals surface area (Å²) in [4.78, 5) is 0. The summed E-state index contributed by atoms with van der Waals surface area (Å²) in [7, 11) is 0. The van der Waals surface area contributed by atoms with Crippen molar-refractivity contribution in [1.82, 2.24) is 0 Å². The number of rotatable bonds is 12. The molecule has 0 aromatic heterocycles. The minimum Gasteiger partial charge on any atom is -0.0654 e. The molecule has 0 heteroatoms. The Bertz CT molecular complexity index is 2010. The molecule has 6 aromatic carbocycles. The molecule has 0 heterocycles. The Hall–Kier alpha value is -4.16. The molecule has 0 aliphatic heterocycles.